The Morgan fingerprint density at radius 3 is 1.13 bits per heavy atom. The zero-order valence-electron chi connectivity index (χ0n) is 15.4. The highest BCUT2D eigenvalue weighted by atomic mass is 32.2. The van der Waals surface area contributed by atoms with Crippen molar-refractivity contribution < 1.29 is 0 Å². The van der Waals surface area contributed by atoms with Gasteiger partial charge in [-0.2, -0.15) is 11.8 Å². The second kappa shape index (κ2) is 7.13. The Balaban J connectivity index is 1.87. The monoisotopic (exact) mass is 326 g/mol. The molecule has 2 rings (SSSR count). The Morgan fingerprint density at radius 1 is 0.565 bits per heavy atom. The fourth-order valence-electron chi connectivity index (χ4n) is 2.49. The normalized spacial score (nSPS) is 12.4. The lowest BCUT2D eigenvalue weighted by Crippen LogP contribution is -2.10. The van der Waals surface area contributed by atoms with Gasteiger partial charge in [0.25, 0.3) is 0 Å². The Labute approximate surface area is 146 Å². The quantitative estimate of drug-likeness (QED) is 0.601. The van der Waals surface area contributed by atoms with Crippen LogP contribution in [0.5, 0.6) is 0 Å². The second-order valence-corrected chi connectivity index (χ2v) is 9.37. The van der Waals surface area contributed by atoms with E-state index in [-0.39, 0.29) is 10.8 Å². The van der Waals surface area contributed by atoms with Crippen molar-refractivity contribution >= 4 is 11.8 Å². The molecule has 2 aromatic rings. The van der Waals surface area contributed by atoms with Crippen LogP contribution >= 0.6 is 11.8 Å². The summed E-state index contributed by atoms with van der Waals surface area (Å²) in [6.07, 6.45) is 0. The predicted octanol–water partition coefficient (Wildman–Crippen LogP) is 6.72. The Morgan fingerprint density at radius 2 is 0.870 bits per heavy atom. The van der Waals surface area contributed by atoms with Crippen LogP contribution in [0, 0.1) is 0 Å². The van der Waals surface area contributed by atoms with Crippen LogP contribution < -0.4 is 0 Å². The van der Waals surface area contributed by atoms with Crippen molar-refractivity contribution in [3.05, 3.63) is 70.8 Å². The Kier molecular flexibility index (Phi) is 5.62. The van der Waals surface area contributed by atoms with E-state index in [1.165, 1.54) is 22.3 Å². The van der Waals surface area contributed by atoms with E-state index in [0.717, 1.165) is 11.5 Å². The molecule has 0 nitrogen and oxygen atoms in total. The maximum absolute atomic E-state index is 2.27. The first-order valence-corrected chi connectivity index (χ1v) is 9.58. The molecular weight excluding hydrogens is 296 g/mol. The summed E-state index contributed by atoms with van der Waals surface area (Å²) in [7, 11) is 0. The zero-order chi connectivity index (χ0) is 17.1. The minimum absolute atomic E-state index is 0.237. The molecule has 0 saturated heterocycles. The van der Waals surface area contributed by atoms with Crippen molar-refractivity contribution in [1.29, 1.82) is 0 Å². The first-order valence-electron chi connectivity index (χ1n) is 8.43. The van der Waals surface area contributed by atoms with Gasteiger partial charge in [0.15, 0.2) is 0 Å². The zero-order valence-corrected chi connectivity index (χ0v) is 16.3. The molecule has 2 aromatic carbocycles. The molecule has 0 saturated carbocycles. The lowest BCUT2D eigenvalue weighted by molar-refractivity contribution is 0.590. The van der Waals surface area contributed by atoms with E-state index >= 15 is 0 Å². The standard InChI is InChI=1S/C22H30S/c1-21(2,3)19-11-7-17(8-12-19)15-23-16-18-9-13-20(14-10-18)22(4,5)6/h7-14H,15-16H2,1-6H3. The van der Waals surface area contributed by atoms with Crippen LogP contribution in [0.4, 0.5) is 0 Å². The van der Waals surface area contributed by atoms with Gasteiger partial charge in [0, 0.05) is 11.5 Å². The maximum Gasteiger partial charge on any atom is 0.0187 e. The summed E-state index contributed by atoms with van der Waals surface area (Å²) >= 11 is 1.99. The van der Waals surface area contributed by atoms with E-state index in [2.05, 4.69) is 90.1 Å². The van der Waals surface area contributed by atoms with Crippen LogP contribution in [-0.2, 0) is 22.3 Å². The summed E-state index contributed by atoms with van der Waals surface area (Å²) in [5.74, 6) is 2.15. The van der Waals surface area contributed by atoms with Gasteiger partial charge in [0.2, 0.25) is 0 Å². The van der Waals surface area contributed by atoms with Crippen molar-refractivity contribution in [2.45, 2.75) is 63.9 Å². The van der Waals surface area contributed by atoms with E-state index in [1.54, 1.807) is 0 Å². The summed E-state index contributed by atoms with van der Waals surface area (Å²) in [5, 5.41) is 0. The van der Waals surface area contributed by atoms with Gasteiger partial charge in [0.1, 0.15) is 0 Å². The van der Waals surface area contributed by atoms with Gasteiger partial charge in [-0.25, -0.2) is 0 Å². The molecule has 0 heterocycles. The molecule has 0 amide bonds. The number of thioether (sulfide) groups is 1. The van der Waals surface area contributed by atoms with Gasteiger partial charge in [-0.15, -0.1) is 0 Å². The minimum atomic E-state index is 0.237. The highest BCUT2D eigenvalue weighted by Gasteiger charge is 2.13. The van der Waals surface area contributed by atoms with Crippen molar-refractivity contribution in [2.24, 2.45) is 0 Å². The molecule has 0 radical (unpaired) electrons. The van der Waals surface area contributed by atoms with Crippen LogP contribution in [0.1, 0.15) is 63.8 Å². The first-order chi connectivity index (χ1) is 10.7. The largest absolute Gasteiger partial charge is 0.152 e. The van der Waals surface area contributed by atoms with Gasteiger partial charge >= 0.3 is 0 Å². The third-order valence-corrected chi connectivity index (χ3v) is 5.25. The molecule has 0 bridgehead atoms. The molecule has 23 heavy (non-hydrogen) atoms. The molecule has 0 spiro atoms. The summed E-state index contributed by atoms with van der Waals surface area (Å²) in [5.41, 5.74) is 6.11. The molecule has 0 aliphatic carbocycles. The van der Waals surface area contributed by atoms with Crippen molar-refractivity contribution in [3.8, 4) is 0 Å². The molecular formula is C22H30S. The molecule has 0 aromatic heterocycles. The SMILES string of the molecule is CC(C)(C)c1ccc(CSCc2ccc(C(C)(C)C)cc2)cc1. The number of hydrogen-bond acceptors (Lipinski definition) is 1. The van der Waals surface area contributed by atoms with E-state index in [4.69, 9.17) is 0 Å². The van der Waals surface area contributed by atoms with Crippen LogP contribution in [0.25, 0.3) is 0 Å². The van der Waals surface area contributed by atoms with Gasteiger partial charge in [-0.1, -0.05) is 90.1 Å². The molecule has 124 valence electrons. The Hall–Kier alpha value is -1.21. The van der Waals surface area contributed by atoms with Crippen molar-refractivity contribution in [2.75, 3.05) is 0 Å². The van der Waals surface area contributed by atoms with Crippen molar-refractivity contribution in [3.63, 3.8) is 0 Å². The fraction of sp³-hybridized carbons (Fsp3) is 0.455. The van der Waals surface area contributed by atoms with E-state index in [9.17, 15) is 0 Å². The number of benzene rings is 2. The number of rotatable bonds is 4. The molecule has 0 aliphatic rings. The summed E-state index contributed by atoms with van der Waals surface area (Å²) in [6.45, 7) is 13.6. The third-order valence-electron chi connectivity index (χ3n) is 4.18. The highest BCUT2D eigenvalue weighted by molar-refractivity contribution is 7.97. The number of hydrogen-bond donors (Lipinski definition) is 0. The summed E-state index contributed by atoms with van der Waals surface area (Å²) in [6, 6.07) is 18.2. The lowest BCUT2D eigenvalue weighted by atomic mass is 9.87. The average Bonchev–Trinajstić information content (AvgIpc) is 2.46. The van der Waals surface area contributed by atoms with Gasteiger partial charge in [-0.05, 0) is 33.1 Å². The second-order valence-electron chi connectivity index (χ2n) is 8.39. The molecule has 0 fully saturated rings. The topological polar surface area (TPSA) is 0 Å². The van der Waals surface area contributed by atoms with Gasteiger partial charge in [-0.3, -0.25) is 0 Å². The lowest BCUT2D eigenvalue weighted by Gasteiger charge is -2.19. The molecule has 0 N–H and O–H groups in total. The van der Waals surface area contributed by atoms with Crippen molar-refractivity contribution in [1.82, 2.24) is 0 Å². The van der Waals surface area contributed by atoms with Crippen LogP contribution in [0.15, 0.2) is 48.5 Å². The first kappa shape index (κ1) is 18.1. The van der Waals surface area contributed by atoms with E-state index < -0.39 is 0 Å². The van der Waals surface area contributed by atoms with Crippen LogP contribution in [0.3, 0.4) is 0 Å². The summed E-state index contributed by atoms with van der Waals surface area (Å²) in [4.78, 5) is 0. The highest BCUT2D eigenvalue weighted by Crippen LogP contribution is 2.26. The van der Waals surface area contributed by atoms with Crippen LogP contribution in [0.2, 0.25) is 0 Å². The third kappa shape index (κ3) is 5.42. The predicted molar refractivity (Wildman–Crippen MR) is 105 cm³/mol. The van der Waals surface area contributed by atoms with E-state index in [0.29, 0.717) is 0 Å². The minimum Gasteiger partial charge on any atom is -0.152 e. The van der Waals surface area contributed by atoms with Gasteiger partial charge < -0.3 is 0 Å². The Bertz CT molecular complexity index is 550. The molecule has 1 heteroatoms. The average molecular weight is 327 g/mol. The smallest absolute Gasteiger partial charge is 0.0187 e. The van der Waals surface area contributed by atoms with Crippen LogP contribution in [-0.4, -0.2) is 0 Å². The maximum atomic E-state index is 2.27. The molecule has 0 unspecified atom stereocenters. The summed E-state index contributed by atoms with van der Waals surface area (Å²) < 4.78 is 0. The fourth-order valence-corrected chi connectivity index (χ4v) is 3.45. The van der Waals surface area contributed by atoms with Gasteiger partial charge in [0.05, 0.1) is 0 Å². The molecule has 0 atom stereocenters. The van der Waals surface area contributed by atoms with E-state index in [1.807, 2.05) is 11.8 Å². The molecule has 0 aliphatic heterocycles.